The molecule has 0 unspecified atom stereocenters. The second-order valence-electron chi connectivity index (χ2n) is 4.67. The average molecular weight is 313 g/mol. The van der Waals surface area contributed by atoms with E-state index in [1.807, 2.05) is 24.3 Å². The first-order valence-corrected chi connectivity index (χ1v) is 7.09. The quantitative estimate of drug-likeness (QED) is 0.805. The van der Waals surface area contributed by atoms with Gasteiger partial charge in [0.2, 0.25) is 5.91 Å². The molecule has 1 amide bonds. The van der Waals surface area contributed by atoms with Crippen LogP contribution in [0.15, 0.2) is 61.1 Å². The molecule has 0 aliphatic carbocycles. The Morgan fingerprint density at radius 1 is 1.18 bits per heavy atom. The number of pyridine rings is 1. The summed E-state index contributed by atoms with van der Waals surface area (Å²) in [4.78, 5) is 16.3. The number of anilines is 1. The molecule has 6 heteroatoms. The van der Waals surface area contributed by atoms with Crippen molar-refractivity contribution < 1.29 is 4.79 Å². The van der Waals surface area contributed by atoms with Crippen LogP contribution in [0.2, 0.25) is 5.02 Å². The van der Waals surface area contributed by atoms with Crippen LogP contribution in [-0.4, -0.2) is 20.7 Å². The summed E-state index contributed by atoms with van der Waals surface area (Å²) in [6, 6.07) is 12.7. The van der Waals surface area contributed by atoms with E-state index < -0.39 is 0 Å². The van der Waals surface area contributed by atoms with Gasteiger partial charge >= 0.3 is 0 Å². The molecular weight excluding hydrogens is 300 g/mol. The zero-order valence-electron chi connectivity index (χ0n) is 11.6. The number of halogens is 1. The normalized spacial score (nSPS) is 10.4. The molecule has 22 heavy (non-hydrogen) atoms. The van der Waals surface area contributed by atoms with E-state index in [0.717, 1.165) is 5.56 Å². The number of aromatic nitrogens is 3. The van der Waals surface area contributed by atoms with Crippen LogP contribution < -0.4 is 5.32 Å². The number of carbonyl (C=O) groups excluding carboxylic acids is 1. The van der Waals surface area contributed by atoms with E-state index >= 15 is 0 Å². The van der Waals surface area contributed by atoms with E-state index in [1.54, 1.807) is 41.5 Å². The minimum Gasteiger partial charge on any atom is -0.324 e. The Morgan fingerprint density at radius 3 is 2.73 bits per heavy atom. The SMILES string of the molecule is O=C(Cc1ccccc1Cl)Nc1ccc(-n2cccn2)nc1. The van der Waals surface area contributed by atoms with Gasteiger partial charge in [-0.15, -0.1) is 0 Å². The minimum absolute atomic E-state index is 0.137. The van der Waals surface area contributed by atoms with Gasteiger partial charge in [0.15, 0.2) is 5.82 Å². The van der Waals surface area contributed by atoms with Gasteiger partial charge in [-0.25, -0.2) is 9.67 Å². The van der Waals surface area contributed by atoms with E-state index in [9.17, 15) is 4.79 Å². The van der Waals surface area contributed by atoms with Crippen molar-refractivity contribution in [2.75, 3.05) is 5.32 Å². The van der Waals surface area contributed by atoms with Crippen LogP contribution in [0, 0.1) is 0 Å². The van der Waals surface area contributed by atoms with Gasteiger partial charge in [-0.3, -0.25) is 4.79 Å². The van der Waals surface area contributed by atoms with E-state index in [-0.39, 0.29) is 12.3 Å². The number of carbonyl (C=O) groups is 1. The molecule has 1 N–H and O–H groups in total. The molecule has 3 aromatic rings. The summed E-state index contributed by atoms with van der Waals surface area (Å²) in [7, 11) is 0. The maximum atomic E-state index is 12.0. The van der Waals surface area contributed by atoms with Crippen LogP contribution in [0.3, 0.4) is 0 Å². The molecule has 1 aromatic carbocycles. The third kappa shape index (κ3) is 3.32. The van der Waals surface area contributed by atoms with Crippen molar-refractivity contribution in [3.8, 4) is 5.82 Å². The van der Waals surface area contributed by atoms with Gasteiger partial charge < -0.3 is 5.32 Å². The number of rotatable bonds is 4. The number of hydrogen-bond donors (Lipinski definition) is 1. The molecule has 0 spiro atoms. The lowest BCUT2D eigenvalue weighted by Crippen LogP contribution is -2.15. The second-order valence-corrected chi connectivity index (χ2v) is 5.08. The fourth-order valence-electron chi connectivity index (χ4n) is 2.02. The summed E-state index contributed by atoms with van der Waals surface area (Å²) in [6.07, 6.45) is 5.31. The predicted molar refractivity (Wildman–Crippen MR) is 85.1 cm³/mol. The van der Waals surface area contributed by atoms with Crippen molar-refractivity contribution in [1.29, 1.82) is 0 Å². The molecule has 0 bridgehead atoms. The topological polar surface area (TPSA) is 59.8 Å². The predicted octanol–water partition coefficient (Wildman–Crippen LogP) is 3.10. The first-order chi connectivity index (χ1) is 10.7. The van der Waals surface area contributed by atoms with Crippen molar-refractivity contribution in [2.45, 2.75) is 6.42 Å². The van der Waals surface area contributed by atoms with Gasteiger partial charge in [0.25, 0.3) is 0 Å². The molecule has 0 aliphatic heterocycles. The first kappa shape index (κ1) is 14.3. The fourth-order valence-corrected chi connectivity index (χ4v) is 2.22. The van der Waals surface area contributed by atoms with Gasteiger partial charge in [0.1, 0.15) is 0 Å². The van der Waals surface area contributed by atoms with E-state index in [0.29, 0.717) is 16.5 Å². The van der Waals surface area contributed by atoms with Crippen molar-refractivity contribution >= 4 is 23.2 Å². The van der Waals surface area contributed by atoms with Crippen LogP contribution in [0.25, 0.3) is 5.82 Å². The van der Waals surface area contributed by atoms with E-state index in [2.05, 4.69) is 15.4 Å². The number of hydrogen-bond acceptors (Lipinski definition) is 3. The van der Waals surface area contributed by atoms with Crippen LogP contribution >= 0.6 is 11.6 Å². The number of nitrogens with one attached hydrogen (secondary N) is 1. The Morgan fingerprint density at radius 2 is 2.05 bits per heavy atom. The zero-order valence-corrected chi connectivity index (χ0v) is 12.4. The molecule has 0 radical (unpaired) electrons. The fraction of sp³-hybridized carbons (Fsp3) is 0.0625. The van der Waals surface area contributed by atoms with Crippen molar-refractivity contribution in [3.63, 3.8) is 0 Å². The van der Waals surface area contributed by atoms with Crippen LogP contribution in [0.5, 0.6) is 0 Å². The third-order valence-electron chi connectivity index (χ3n) is 3.08. The highest BCUT2D eigenvalue weighted by Crippen LogP contribution is 2.16. The smallest absolute Gasteiger partial charge is 0.228 e. The van der Waals surface area contributed by atoms with E-state index in [4.69, 9.17) is 11.6 Å². The maximum absolute atomic E-state index is 12.0. The second kappa shape index (κ2) is 6.41. The van der Waals surface area contributed by atoms with Gasteiger partial charge in [-0.1, -0.05) is 29.8 Å². The Hall–Kier alpha value is -2.66. The van der Waals surface area contributed by atoms with Gasteiger partial charge in [0, 0.05) is 17.4 Å². The monoisotopic (exact) mass is 312 g/mol. The summed E-state index contributed by atoms with van der Waals surface area (Å²) in [5.41, 5.74) is 1.43. The highest BCUT2D eigenvalue weighted by atomic mass is 35.5. The Bertz CT molecular complexity index is 769. The average Bonchev–Trinajstić information content (AvgIpc) is 3.05. The lowest BCUT2D eigenvalue weighted by molar-refractivity contribution is -0.115. The lowest BCUT2D eigenvalue weighted by atomic mass is 10.1. The summed E-state index contributed by atoms with van der Waals surface area (Å²) in [5, 5.41) is 7.48. The number of nitrogens with zero attached hydrogens (tertiary/aromatic N) is 3. The van der Waals surface area contributed by atoms with Crippen molar-refractivity contribution in [3.05, 3.63) is 71.6 Å². The molecule has 0 aliphatic rings. The van der Waals surface area contributed by atoms with Gasteiger partial charge in [-0.2, -0.15) is 5.10 Å². The highest BCUT2D eigenvalue weighted by molar-refractivity contribution is 6.31. The van der Waals surface area contributed by atoms with Crippen LogP contribution in [0.1, 0.15) is 5.56 Å². The highest BCUT2D eigenvalue weighted by Gasteiger charge is 2.07. The Labute approximate surface area is 132 Å². The molecule has 3 rings (SSSR count). The molecule has 5 nitrogen and oxygen atoms in total. The lowest BCUT2D eigenvalue weighted by Gasteiger charge is -2.07. The molecule has 0 atom stereocenters. The molecule has 0 saturated carbocycles. The molecule has 2 aromatic heterocycles. The van der Waals surface area contributed by atoms with Crippen molar-refractivity contribution in [2.24, 2.45) is 0 Å². The van der Waals surface area contributed by atoms with Crippen LogP contribution in [0.4, 0.5) is 5.69 Å². The summed E-state index contributed by atoms with van der Waals surface area (Å²) >= 11 is 6.05. The van der Waals surface area contributed by atoms with Gasteiger partial charge in [0.05, 0.1) is 18.3 Å². The van der Waals surface area contributed by atoms with E-state index in [1.165, 1.54) is 0 Å². The summed E-state index contributed by atoms with van der Waals surface area (Å²) in [6.45, 7) is 0. The maximum Gasteiger partial charge on any atom is 0.228 e. The molecular formula is C16H13ClN4O. The van der Waals surface area contributed by atoms with Crippen molar-refractivity contribution in [1.82, 2.24) is 14.8 Å². The van der Waals surface area contributed by atoms with Gasteiger partial charge in [-0.05, 0) is 29.8 Å². The van der Waals surface area contributed by atoms with Crippen LogP contribution in [-0.2, 0) is 11.2 Å². The zero-order chi connectivity index (χ0) is 15.4. The Balaban J connectivity index is 1.66. The summed E-state index contributed by atoms with van der Waals surface area (Å²) in [5.74, 6) is 0.552. The minimum atomic E-state index is -0.137. The Kier molecular flexibility index (Phi) is 4.16. The summed E-state index contributed by atoms with van der Waals surface area (Å²) < 4.78 is 1.65. The number of amides is 1. The number of benzene rings is 1. The third-order valence-corrected chi connectivity index (χ3v) is 3.45. The molecule has 0 saturated heterocycles. The standard InChI is InChI=1S/C16H13ClN4O/c17-14-5-2-1-4-12(14)10-16(22)20-13-6-7-15(18-11-13)21-9-3-8-19-21/h1-9,11H,10H2,(H,20,22). The molecule has 2 heterocycles. The molecule has 0 fully saturated rings. The first-order valence-electron chi connectivity index (χ1n) is 6.72. The molecule has 110 valence electrons. The largest absolute Gasteiger partial charge is 0.324 e.